The molecule has 0 unspecified atom stereocenters. The molecule has 54 heavy (non-hydrogen) atoms. The fourth-order valence-corrected chi connectivity index (χ4v) is 11.6. The Kier molecular flexibility index (Phi) is 11.5. The first-order valence-corrected chi connectivity index (χ1v) is 22.2. The minimum absolute atomic E-state index is 0.221. The van der Waals surface area contributed by atoms with Gasteiger partial charge in [-0.15, -0.1) is 0 Å². The van der Waals surface area contributed by atoms with Gasteiger partial charge in [-0.3, -0.25) is 9.69 Å². The number of aryl methyl sites for hydroxylation is 1. The van der Waals surface area contributed by atoms with Crippen LogP contribution in [0.4, 0.5) is 5.69 Å². The molecule has 2 aliphatic carbocycles. The van der Waals surface area contributed by atoms with Crippen LogP contribution in [0.3, 0.4) is 0 Å². The molecule has 5 aliphatic rings. The third-order valence-corrected chi connectivity index (χ3v) is 15.7. The zero-order valence-electron chi connectivity index (χ0n) is 33.1. The Balaban J connectivity index is 1.30. The Morgan fingerprint density at radius 1 is 1.11 bits per heavy atom. The van der Waals surface area contributed by atoms with Gasteiger partial charge in [0.15, 0.2) is 0 Å². The lowest BCUT2D eigenvalue weighted by Crippen LogP contribution is -2.58. The number of hydrogen-bond donors (Lipinski definition) is 2. The van der Waals surface area contributed by atoms with E-state index >= 15 is 0 Å². The molecule has 296 valence electrons. The summed E-state index contributed by atoms with van der Waals surface area (Å²) in [5, 5.41) is 3.67. The summed E-state index contributed by atoms with van der Waals surface area (Å²) in [4.78, 5) is 18.8. The number of amides is 1. The van der Waals surface area contributed by atoms with E-state index in [1.807, 2.05) is 32.2 Å². The number of hydrogen-bond acceptors (Lipinski definition) is 8. The summed E-state index contributed by atoms with van der Waals surface area (Å²) >= 11 is 6.52. The summed E-state index contributed by atoms with van der Waals surface area (Å²) in [6.07, 6.45) is 11.3. The highest BCUT2D eigenvalue weighted by Gasteiger charge is 2.51. The molecule has 2 aromatic rings. The fraction of sp³-hybridized carbons (Fsp3) is 0.651. The monoisotopic (exact) mass is 780 g/mol. The number of rotatable bonds is 6. The van der Waals surface area contributed by atoms with E-state index in [0.29, 0.717) is 42.5 Å². The van der Waals surface area contributed by atoms with Gasteiger partial charge in [-0.25, -0.2) is 13.1 Å². The number of likely N-dealkylation sites (tertiary alicyclic amines) is 1. The van der Waals surface area contributed by atoms with Gasteiger partial charge in [0, 0.05) is 67.9 Å². The van der Waals surface area contributed by atoms with Crippen molar-refractivity contribution in [2.24, 2.45) is 23.7 Å². The molecule has 0 aromatic heterocycles. The van der Waals surface area contributed by atoms with Gasteiger partial charge in [0.1, 0.15) is 11.4 Å². The quantitative estimate of drug-likeness (QED) is 0.304. The molecule has 2 fully saturated rings. The third kappa shape index (κ3) is 7.84. The second kappa shape index (κ2) is 15.7. The van der Waals surface area contributed by atoms with Crippen LogP contribution >= 0.6 is 11.6 Å². The van der Waals surface area contributed by atoms with Crippen molar-refractivity contribution in [3.63, 3.8) is 0 Å². The summed E-state index contributed by atoms with van der Waals surface area (Å²) in [7, 11) is -2.09. The Hall–Kier alpha value is -2.63. The molecular formula is C43H61ClN4O5S. The second-order valence-electron chi connectivity index (χ2n) is 17.7. The van der Waals surface area contributed by atoms with Gasteiger partial charge >= 0.3 is 0 Å². The van der Waals surface area contributed by atoms with E-state index in [2.05, 4.69) is 64.9 Å². The number of nitrogens with zero attached hydrogens (tertiary/aromatic N) is 2. The van der Waals surface area contributed by atoms with Gasteiger partial charge in [0.05, 0.1) is 17.5 Å². The van der Waals surface area contributed by atoms with Crippen molar-refractivity contribution in [2.75, 3.05) is 51.3 Å². The highest BCUT2D eigenvalue weighted by Crippen LogP contribution is 2.49. The molecule has 9 nitrogen and oxygen atoms in total. The summed E-state index contributed by atoms with van der Waals surface area (Å²) in [5.74, 6) is 1.07. The predicted molar refractivity (Wildman–Crippen MR) is 217 cm³/mol. The average Bonchev–Trinajstić information content (AvgIpc) is 3.39. The van der Waals surface area contributed by atoms with E-state index < -0.39 is 26.8 Å². The number of carbonyl (C=O) groups is 1. The van der Waals surface area contributed by atoms with E-state index in [9.17, 15) is 13.2 Å². The lowest BCUT2D eigenvalue weighted by molar-refractivity contribution is -0.0932. The summed E-state index contributed by atoms with van der Waals surface area (Å²) in [5.41, 5.74) is 2.89. The molecule has 3 aliphatic heterocycles. The maximum atomic E-state index is 13.7. The zero-order valence-corrected chi connectivity index (χ0v) is 34.6. The summed E-state index contributed by atoms with van der Waals surface area (Å²) in [6.45, 7) is 15.2. The smallest absolute Gasteiger partial charge is 0.264 e. The summed E-state index contributed by atoms with van der Waals surface area (Å²) in [6, 6.07) is 12.5. The van der Waals surface area contributed by atoms with Gasteiger partial charge in [0.25, 0.3) is 5.91 Å². The van der Waals surface area contributed by atoms with Crippen LogP contribution in [0.15, 0.2) is 48.6 Å². The lowest BCUT2D eigenvalue weighted by atomic mass is 9.63. The molecule has 1 saturated heterocycles. The van der Waals surface area contributed by atoms with Crippen molar-refractivity contribution in [3.05, 3.63) is 70.3 Å². The molecule has 0 radical (unpaired) electrons. The Morgan fingerprint density at radius 3 is 2.67 bits per heavy atom. The first-order valence-electron chi connectivity index (χ1n) is 20.3. The molecule has 8 atom stereocenters. The van der Waals surface area contributed by atoms with Crippen LogP contribution in [0.25, 0.3) is 0 Å². The van der Waals surface area contributed by atoms with Gasteiger partial charge in [-0.05, 0) is 117 Å². The van der Waals surface area contributed by atoms with Crippen LogP contribution in [-0.4, -0.2) is 88.6 Å². The lowest BCUT2D eigenvalue weighted by Gasteiger charge is -2.52. The second-order valence-corrected chi connectivity index (χ2v) is 20.1. The number of sulfonamides is 1. The number of nitrogens with one attached hydrogen (secondary N) is 2. The number of carbonyl (C=O) groups excluding carboxylic acids is 1. The van der Waals surface area contributed by atoms with Crippen molar-refractivity contribution < 1.29 is 22.7 Å². The fourth-order valence-electron chi connectivity index (χ4n) is 10.1. The highest BCUT2D eigenvalue weighted by molar-refractivity contribution is 7.90. The molecule has 2 N–H and O–H groups in total. The first kappa shape index (κ1) is 39.6. The van der Waals surface area contributed by atoms with Gasteiger partial charge in [-0.1, -0.05) is 57.5 Å². The normalized spacial score (nSPS) is 34.7. The van der Waals surface area contributed by atoms with E-state index in [0.717, 1.165) is 87.7 Å². The van der Waals surface area contributed by atoms with Gasteiger partial charge < -0.3 is 19.7 Å². The zero-order chi connectivity index (χ0) is 38.4. The van der Waals surface area contributed by atoms with Crippen LogP contribution in [0, 0.1) is 23.7 Å². The van der Waals surface area contributed by atoms with Gasteiger partial charge in [0.2, 0.25) is 10.0 Å². The molecule has 7 rings (SSSR count). The van der Waals surface area contributed by atoms with Crippen molar-refractivity contribution in [1.82, 2.24) is 14.9 Å². The number of anilines is 1. The maximum Gasteiger partial charge on any atom is 0.264 e. The average molecular weight is 782 g/mol. The van der Waals surface area contributed by atoms with Crippen molar-refractivity contribution >= 4 is 33.2 Å². The molecule has 1 spiro atoms. The number of ether oxygens (including phenoxy) is 2. The van der Waals surface area contributed by atoms with Crippen molar-refractivity contribution in [1.29, 1.82) is 0 Å². The highest BCUT2D eigenvalue weighted by atomic mass is 35.5. The number of fused-ring (bicyclic) bond motifs is 4. The van der Waals surface area contributed by atoms with Crippen LogP contribution in [-0.2, 0) is 26.6 Å². The molecule has 1 saturated carbocycles. The predicted octanol–water partition coefficient (Wildman–Crippen LogP) is 6.98. The topological polar surface area (TPSA) is 100 Å². The molecule has 2 aromatic carbocycles. The van der Waals surface area contributed by atoms with E-state index in [1.54, 1.807) is 13.0 Å². The molecule has 2 bridgehead atoms. The Labute approximate surface area is 328 Å². The van der Waals surface area contributed by atoms with Gasteiger partial charge in [-0.2, -0.15) is 0 Å². The minimum Gasteiger partial charge on any atom is -0.490 e. The number of methoxy groups -OCH3 is 1. The standard InChI is InChI=1S/C43H61ClN4O5S/c1-28(2)45-22-36-19-29(3)23-47(36)26-43(52-6)18-7-9-30(4)31(5)54(50,51)46-41(49)33-12-16-40-39(21-33)48(24-34-11-14-38(34)43)25-42(27-53-40)17-8-10-32-20-35(44)13-15-37(32)42/h7,12-13,15-16,18,20-21,28-31,34,36,38,45H,8-11,14,17,19,22-27H2,1-6H3,(H,46,49)/b18-7+/t29-,30-,31+,34-,36-,38+,42-,43-/m0/s1. The van der Waals surface area contributed by atoms with Crippen LogP contribution in [0.5, 0.6) is 5.75 Å². The molecule has 1 amide bonds. The largest absolute Gasteiger partial charge is 0.490 e. The van der Waals surface area contributed by atoms with E-state index in [1.165, 1.54) is 11.1 Å². The van der Waals surface area contributed by atoms with Crippen molar-refractivity contribution in [3.8, 4) is 5.75 Å². The minimum atomic E-state index is -3.96. The maximum absolute atomic E-state index is 13.7. The third-order valence-electron chi connectivity index (χ3n) is 13.6. The first-order chi connectivity index (χ1) is 25.7. The number of allylic oxidation sites excluding steroid dienone is 1. The number of benzene rings is 2. The van der Waals surface area contributed by atoms with Crippen LogP contribution in [0.1, 0.15) is 94.6 Å². The van der Waals surface area contributed by atoms with Crippen LogP contribution < -0.4 is 19.7 Å². The van der Waals surface area contributed by atoms with E-state index in [-0.39, 0.29) is 17.3 Å². The summed E-state index contributed by atoms with van der Waals surface area (Å²) < 4.78 is 43.2. The molecule has 11 heteroatoms. The SMILES string of the molecule is CO[C@]1(CN2C[C@@H](C)C[C@H]2CNC(C)C)/C=C/C[C@H](C)[C@@H](C)S(=O)(=O)NC(=O)c2ccc3c(c2)N(C[C@@H]2CC[C@H]21)C[C@@]1(CCCc2cc(Cl)ccc21)CO3. The Bertz CT molecular complexity index is 1840. The molecule has 3 heterocycles. The number of halogens is 1. The Morgan fingerprint density at radius 2 is 1.93 bits per heavy atom. The van der Waals surface area contributed by atoms with Crippen molar-refractivity contribution in [2.45, 2.75) is 108 Å². The van der Waals surface area contributed by atoms with Crippen LogP contribution in [0.2, 0.25) is 5.02 Å². The van der Waals surface area contributed by atoms with E-state index in [4.69, 9.17) is 21.1 Å². The molecular weight excluding hydrogens is 720 g/mol.